The molecule has 2 aromatic rings. The third kappa shape index (κ3) is 2.19. The third-order valence-electron chi connectivity index (χ3n) is 5.28. The normalized spacial score (nSPS) is 28.9. The maximum absolute atomic E-state index is 5.92. The SMILES string of the molecule is NNC(c1ccnn1-c1ccccc1)C1C2CCCCC21. The van der Waals surface area contributed by atoms with Crippen molar-refractivity contribution in [2.75, 3.05) is 0 Å². The molecule has 4 heteroatoms. The number of nitrogens with zero attached hydrogens (tertiary/aromatic N) is 2. The molecule has 110 valence electrons. The topological polar surface area (TPSA) is 55.9 Å². The number of benzene rings is 1. The first-order valence-corrected chi connectivity index (χ1v) is 7.95. The molecule has 4 nitrogen and oxygen atoms in total. The van der Waals surface area contributed by atoms with Gasteiger partial charge in [-0.1, -0.05) is 31.0 Å². The summed E-state index contributed by atoms with van der Waals surface area (Å²) in [5, 5.41) is 4.50. The minimum absolute atomic E-state index is 0.209. The van der Waals surface area contributed by atoms with Crippen molar-refractivity contribution >= 4 is 0 Å². The highest BCUT2D eigenvalue weighted by atomic mass is 15.3. The van der Waals surface area contributed by atoms with Crippen molar-refractivity contribution in [3.05, 3.63) is 48.3 Å². The summed E-state index contributed by atoms with van der Waals surface area (Å²) in [4.78, 5) is 0. The van der Waals surface area contributed by atoms with E-state index in [4.69, 9.17) is 5.84 Å². The van der Waals surface area contributed by atoms with E-state index in [0.717, 1.165) is 17.5 Å². The zero-order valence-electron chi connectivity index (χ0n) is 12.2. The Morgan fingerprint density at radius 1 is 1.10 bits per heavy atom. The van der Waals surface area contributed by atoms with Crippen molar-refractivity contribution < 1.29 is 0 Å². The molecule has 2 saturated carbocycles. The van der Waals surface area contributed by atoms with E-state index in [1.165, 1.54) is 31.4 Å². The summed E-state index contributed by atoms with van der Waals surface area (Å²) < 4.78 is 2.02. The molecule has 2 aliphatic carbocycles. The van der Waals surface area contributed by atoms with Gasteiger partial charge in [-0.3, -0.25) is 11.3 Å². The quantitative estimate of drug-likeness (QED) is 0.669. The van der Waals surface area contributed by atoms with Gasteiger partial charge in [0.25, 0.3) is 0 Å². The lowest BCUT2D eigenvalue weighted by Crippen LogP contribution is -2.32. The average molecular weight is 282 g/mol. The molecule has 3 atom stereocenters. The van der Waals surface area contributed by atoms with E-state index >= 15 is 0 Å². The van der Waals surface area contributed by atoms with Crippen molar-refractivity contribution in [1.82, 2.24) is 15.2 Å². The van der Waals surface area contributed by atoms with Crippen LogP contribution in [0.2, 0.25) is 0 Å². The summed E-state index contributed by atoms with van der Waals surface area (Å²) in [5.74, 6) is 8.31. The highest BCUT2D eigenvalue weighted by Crippen LogP contribution is 2.60. The van der Waals surface area contributed by atoms with Gasteiger partial charge in [-0.25, -0.2) is 4.68 Å². The molecule has 2 fully saturated rings. The summed E-state index contributed by atoms with van der Waals surface area (Å²) in [6.07, 6.45) is 7.37. The van der Waals surface area contributed by atoms with Crippen LogP contribution in [0.4, 0.5) is 0 Å². The van der Waals surface area contributed by atoms with E-state index in [1.54, 1.807) is 0 Å². The lowest BCUT2D eigenvalue weighted by molar-refractivity contribution is 0.437. The zero-order chi connectivity index (χ0) is 14.2. The number of hydrogen-bond acceptors (Lipinski definition) is 3. The number of hydrazine groups is 1. The minimum atomic E-state index is 0.209. The Bertz CT molecular complexity index is 594. The highest BCUT2D eigenvalue weighted by Gasteiger charge is 2.54. The Morgan fingerprint density at radius 3 is 2.48 bits per heavy atom. The van der Waals surface area contributed by atoms with Gasteiger partial charge in [-0.15, -0.1) is 0 Å². The molecule has 21 heavy (non-hydrogen) atoms. The van der Waals surface area contributed by atoms with E-state index in [1.807, 2.05) is 29.1 Å². The third-order valence-corrected chi connectivity index (χ3v) is 5.28. The molecule has 0 radical (unpaired) electrons. The number of rotatable bonds is 4. The Kier molecular flexibility index (Phi) is 3.28. The van der Waals surface area contributed by atoms with Gasteiger partial charge in [-0.2, -0.15) is 5.10 Å². The number of hydrogen-bond donors (Lipinski definition) is 2. The van der Waals surface area contributed by atoms with Gasteiger partial charge in [-0.05, 0) is 48.8 Å². The molecule has 3 N–H and O–H groups in total. The molecule has 0 amide bonds. The molecular weight excluding hydrogens is 260 g/mol. The van der Waals surface area contributed by atoms with E-state index in [2.05, 4.69) is 28.7 Å². The maximum Gasteiger partial charge on any atom is 0.0667 e. The number of para-hydroxylation sites is 1. The molecular formula is C17H22N4. The molecule has 2 aliphatic rings. The molecule has 1 aromatic heterocycles. The van der Waals surface area contributed by atoms with Gasteiger partial charge >= 0.3 is 0 Å². The van der Waals surface area contributed by atoms with Crippen LogP contribution in [-0.2, 0) is 0 Å². The standard InChI is InChI=1S/C17H22N4/c18-20-17(16-13-8-4-5-9-14(13)16)15-10-11-19-21(15)12-6-2-1-3-7-12/h1-3,6-7,10-11,13-14,16-17,20H,4-5,8-9,18H2. The number of nitrogens with one attached hydrogen (secondary N) is 1. The van der Waals surface area contributed by atoms with Gasteiger partial charge < -0.3 is 0 Å². The second kappa shape index (κ2) is 5.28. The van der Waals surface area contributed by atoms with Crippen LogP contribution in [0, 0.1) is 17.8 Å². The Labute approximate surface area is 125 Å². The molecule has 0 bridgehead atoms. The van der Waals surface area contributed by atoms with E-state index in [9.17, 15) is 0 Å². The number of aromatic nitrogens is 2. The van der Waals surface area contributed by atoms with Gasteiger partial charge in [0, 0.05) is 6.20 Å². The fourth-order valence-corrected chi connectivity index (χ4v) is 4.27. The Balaban J connectivity index is 1.65. The molecule has 0 aliphatic heterocycles. The van der Waals surface area contributed by atoms with Crippen LogP contribution in [0.1, 0.15) is 37.4 Å². The van der Waals surface area contributed by atoms with Gasteiger partial charge in [0.15, 0.2) is 0 Å². The maximum atomic E-state index is 5.92. The summed E-state index contributed by atoms with van der Waals surface area (Å²) in [7, 11) is 0. The zero-order valence-corrected chi connectivity index (χ0v) is 12.2. The van der Waals surface area contributed by atoms with Crippen LogP contribution in [0.25, 0.3) is 5.69 Å². The summed E-state index contributed by atoms with van der Waals surface area (Å²) in [5.41, 5.74) is 5.35. The first-order chi connectivity index (χ1) is 10.4. The molecule has 0 saturated heterocycles. The van der Waals surface area contributed by atoms with Crippen LogP contribution in [0.15, 0.2) is 42.6 Å². The van der Waals surface area contributed by atoms with Gasteiger partial charge in [0.1, 0.15) is 0 Å². The molecule has 0 spiro atoms. The van der Waals surface area contributed by atoms with Crippen molar-refractivity contribution in [3.8, 4) is 5.69 Å². The molecule has 1 heterocycles. The average Bonchev–Trinajstić information content (AvgIpc) is 3.05. The molecule has 3 unspecified atom stereocenters. The Morgan fingerprint density at radius 2 is 1.81 bits per heavy atom. The smallest absolute Gasteiger partial charge is 0.0667 e. The monoisotopic (exact) mass is 282 g/mol. The van der Waals surface area contributed by atoms with Crippen LogP contribution in [0.5, 0.6) is 0 Å². The predicted molar refractivity (Wildman–Crippen MR) is 82.6 cm³/mol. The van der Waals surface area contributed by atoms with Crippen LogP contribution in [0.3, 0.4) is 0 Å². The lowest BCUT2D eigenvalue weighted by Gasteiger charge is -2.18. The van der Waals surface area contributed by atoms with Crippen LogP contribution in [-0.4, -0.2) is 9.78 Å². The van der Waals surface area contributed by atoms with Crippen LogP contribution >= 0.6 is 0 Å². The highest BCUT2D eigenvalue weighted by molar-refractivity contribution is 5.33. The van der Waals surface area contributed by atoms with Crippen LogP contribution < -0.4 is 11.3 Å². The second-order valence-electron chi connectivity index (χ2n) is 6.34. The van der Waals surface area contributed by atoms with Crippen molar-refractivity contribution in [2.45, 2.75) is 31.7 Å². The second-order valence-corrected chi connectivity index (χ2v) is 6.34. The van der Waals surface area contributed by atoms with Crippen molar-refractivity contribution in [3.63, 3.8) is 0 Å². The fourth-order valence-electron chi connectivity index (χ4n) is 4.27. The van der Waals surface area contributed by atoms with Gasteiger partial charge in [0.05, 0.1) is 17.4 Å². The summed E-state index contributed by atoms with van der Waals surface area (Å²) in [6.45, 7) is 0. The van der Waals surface area contributed by atoms with E-state index in [-0.39, 0.29) is 6.04 Å². The van der Waals surface area contributed by atoms with E-state index in [0.29, 0.717) is 5.92 Å². The lowest BCUT2D eigenvalue weighted by atomic mass is 10.0. The molecule has 1 aromatic carbocycles. The first-order valence-electron chi connectivity index (χ1n) is 7.95. The van der Waals surface area contributed by atoms with Gasteiger partial charge in [0.2, 0.25) is 0 Å². The number of fused-ring (bicyclic) bond motifs is 1. The molecule has 4 rings (SSSR count). The van der Waals surface area contributed by atoms with Crippen molar-refractivity contribution in [1.29, 1.82) is 0 Å². The van der Waals surface area contributed by atoms with Crippen molar-refractivity contribution in [2.24, 2.45) is 23.6 Å². The fraction of sp³-hybridized carbons (Fsp3) is 0.471. The van der Waals surface area contributed by atoms with E-state index < -0.39 is 0 Å². The summed E-state index contributed by atoms with van der Waals surface area (Å²) in [6, 6.07) is 12.6. The number of nitrogens with two attached hydrogens (primary N) is 1. The Hall–Kier alpha value is -1.65. The largest absolute Gasteiger partial charge is 0.271 e. The minimum Gasteiger partial charge on any atom is -0.271 e. The predicted octanol–water partition coefficient (Wildman–Crippen LogP) is 2.81. The first kappa shape index (κ1) is 13.0. The summed E-state index contributed by atoms with van der Waals surface area (Å²) >= 11 is 0.